The summed E-state index contributed by atoms with van der Waals surface area (Å²) in [7, 11) is 1.51. The molecule has 1 N–H and O–H groups in total. The van der Waals surface area contributed by atoms with Crippen LogP contribution in [-0.2, 0) is 20.7 Å². The van der Waals surface area contributed by atoms with Crippen molar-refractivity contribution in [1.29, 1.82) is 0 Å². The fourth-order valence-corrected chi connectivity index (χ4v) is 2.76. The van der Waals surface area contributed by atoms with Crippen molar-refractivity contribution in [3.05, 3.63) is 58.1 Å². The van der Waals surface area contributed by atoms with Gasteiger partial charge in [-0.2, -0.15) is 0 Å². The van der Waals surface area contributed by atoms with E-state index < -0.39 is 12.1 Å². The predicted molar refractivity (Wildman–Crippen MR) is 102 cm³/mol. The van der Waals surface area contributed by atoms with Crippen molar-refractivity contribution in [2.24, 2.45) is 0 Å². The van der Waals surface area contributed by atoms with Gasteiger partial charge in [-0.25, -0.2) is 0 Å². The molecule has 26 heavy (non-hydrogen) atoms. The number of ether oxygens (including phenoxy) is 2. The van der Waals surface area contributed by atoms with Crippen LogP contribution in [0.1, 0.15) is 23.6 Å². The normalized spacial score (nSPS) is 11.6. The van der Waals surface area contributed by atoms with Crippen molar-refractivity contribution in [3.8, 4) is 5.75 Å². The van der Waals surface area contributed by atoms with E-state index in [1.54, 1.807) is 18.2 Å². The summed E-state index contributed by atoms with van der Waals surface area (Å²) >= 11 is 5.96. The number of hydrogen-bond donors (Lipinski definition) is 1. The number of esters is 1. The molecule has 2 aromatic rings. The number of amides is 1. The summed E-state index contributed by atoms with van der Waals surface area (Å²) in [6, 6.07) is 10.7. The number of carbonyl (C=O) groups is 2. The minimum Gasteiger partial charge on any atom is -0.496 e. The minimum atomic E-state index is -0.924. The molecular formula is C20H22ClNO4. The third-order valence-corrected chi connectivity index (χ3v) is 4.22. The number of para-hydroxylation sites is 1. The van der Waals surface area contributed by atoms with E-state index in [0.29, 0.717) is 16.3 Å². The van der Waals surface area contributed by atoms with Gasteiger partial charge in [-0.15, -0.1) is 0 Å². The molecule has 0 aromatic heterocycles. The van der Waals surface area contributed by atoms with E-state index >= 15 is 0 Å². The molecule has 0 bridgehead atoms. The molecular weight excluding hydrogens is 354 g/mol. The lowest BCUT2D eigenvalue weighted by molar-refractivity contribution is -0.152. The molecule has 0 aliphatic heterocycles. The first-order chi connectivity index (χ1) is 12.3. The highest BCUT2D eigenvalue weighted by atomic mass is 35.5. The number of nitrogens with one attached hydrogen (secondary N) is 1. The van der Waals surface area contributed by atoms with Gasteiger partial charge in [0.15, 0.2) is 6.10 Å². The van der Waals surface area contributed by atoms with Crippen LogP contribution in [0.25, 0.3) is 0 Å². The zero-order valence-corrected chi connectivity index (χ0v) is 16.0. The summed E-state index contributed by atoms with van der Waals surface area (Å²) < 4.78 is 10.5. The van der Waals surface area contributed by atoms with Crippen molar-refractivity contribution in [1.82, 2.24) is 0 Å². The smallest absolute Gasteiger partial charge is 0.311 e. The number of rotatable bonds is 6. The second-order valence-electron chi connectivity index (χ2n) is 6.02. The monoisotopic (exact) mass is 375 g/mol. The number of halogens is 1. The molecule has 0 heterocycles. The second kappa shape index (κ2) is 8.72. The zero-order valence-electron chi connectivity index (χ0n) is 15.3. The Kier molecular flexibility index (Phi) is 6.64. The molecule has 0 saturated heterocycles. The first-order valence-corrected chi connectivity index (χ1v) is 8.58. The van der Waals surface area contributed by atoms with Gasteiger partial charge in [-0.1, -0.05) is 29.8 Å². The number of anilines is 1. The number of benzene rings is 2. The maximum atomic E-state index is 12.3. The highest BCUT2D eigenvalue weighted by Gasteiger charge is 2.20. The Balaban J connectivity index is 2.00. The molecule has 2 aromatic carbocycles. The largest absolute Gasteiger partial charge is 0.496 e. The van der Waals surface area contributed by atoms with Crippen molar-refractivity contribution in [3.63, 3.8) is 0 Å². The van der Waals surface area contributed by atoms with Crippen LogP contribution in [0.2, 0.25) is 5.02 Å². The lowest BCUT2D eigenvalue weighted by Crippen LogP contribution is -2.31. The van der Waals surface area contributed by atoms with Crippen LogP contribution in [0.3, 0.4) is 0 Å². The van der Waals surface area contributed by atoms with Gasteiger partial charge in [-0.05, 0) is 50.1 Å². The van der Waals surface area contributed by atoms with Crippen LogP contribution in [-0.4, -0.2) is 25.1 Å². The third kappa shape index (κ3) is 4.99. The number of methoxy groups -OCH3 is 1. The van der Waals surface area contributed by atoms with E-state index in [4.69, 9.17) is 21.1 Å². The zero-order chi connectivity index (χ0) is 19.3. The Morgan fingerprint density at radius 3 is 2.42 bits per heavy atom. The molecule has 0 spiro atoms. The second-order valence-corrected chi connectivity index (χ2v) is 6.46. The molecule has 6 heteroatoms. The summed E-state index contributed by atoms with van der Waals surface area (Å²) in [5.41, 5.74) is 3.23. The van der Waals surface area contributed by atoms with E-state index in [0.717, 1.165) is 16.8 Å². The molecule has 0 fully saturated rings. The Morgan fingerprint density at radius 2 is 1.81 bits per heavy atom. The quantitative estimate of drug-likeness (QED) is 0.773. The molecule has 0 unspecified atom stereocenters. The van der Waals surface area contributed by atoms with Gasteiger partial charge in [0.2, 0.25) is 0 Å². The lowest BCUT2D eigenvalue weighted by Gasteiger charge is -2.16. The Morgan fingerprint density at radius 1 is 1.15 bits per heavy atom. The van der Waals surface area contributed by atoms with Gasteiger partial charge in [0.05, 0.1) is 13.5 Å². The summed E-state index contributed by atoms with van der Waals surface area (Å²) in [5, 5.41) is 3.31. The SMILES string of the molecule is COc1ccc(Cl)cc1CC(=O)O[C@H](C)C(=O)Nc1c(C)cccc1C. The van der Waals surface area contributed by atoms with E-state index in [-0.39, 0.29) is 12.3 Å². The predicted octanol–water partition coefficient (Wildman–Crippen LogP) is 4.08. The number of hydrogen-bond acceptors (Lipinski definition) is 4. The van der Waals surface area contributed by atoms with Crippen molar-refractivity contribution < 1.29 is 19.1 Å². The van der Waals surface area contributed by atoms with E-state index in [1.165, 1.54) is 14.0 Å². The van der Waals surface area contributed by atoms with Crippen molar-refractivity contribution in [2.45, 2.75) is 33.3 Å². The van der Waals surface area contributed by atoms with Crippen molar-refractivity contribution >= 4 is 29.2 Å². The van der Waals surface area contributed by atoms with Crippen LogP contribution in [0.5, 0.6) is 5.75 Å². The van der Waals surface area contributed by atoms with Gasteiger partial charge in [-0.3, -0.25) is 9.59 Å². The van der Waals surface area contributed by atoms with E-state index in [1.807, 2.05) is 32.0 Å². The van der Waals surface area contributed by atoms with E-state index in [9.17, 15) is 9.59 Å². The average Bonchev–Trinajstić information content (AvgIpc) is 2.58. The van der Waals surface area contributed by atoms with Crippen LogP contribution >= 0.6 is 11.6 Å². The minimum absolute atomic E-state index is 0.0370. The van der Waals surface area contributed by atoms with Gasteiger partial charge in [0, 0.05) is 16.3 Å². The molecule has 0 radical (unpaired) electrons. The highest BCUT2D eigenvalue weighted by molar-refractivity contribution is 6.30. The van der Waals surface area contributed by atoms with Crippen LogP contribution in [0, 0.1) is 13.8 Å². The highest BCUT2D eigenvalue weighted by Crippen LogP contribution is 2.24. The Bertz CT molecular complexity index is 799. The fraction of sp³-hybridized carbons (Fsp3) is 0.300. The molecule has 0 saturated carbocycles. The summed E-state index contributed by atoms with van der Waals surface area (Å²) in [5.74, 6) is -0.373. The fourth-order valence-electron chi connectivity index (χ4n) is 2.57. The first-order valence-electron chi connectivity index (χ1n) is 8.20. The maximum absolute atomic E-state index is 12.3. The summed E-state index contributed by atoms with van der Waals surface area (Å²) in [6.45, 7) is 5.35. The van der Waals surface area contributed by atoms with E-state index in [2.05, 4.69) is 5.32 Å². The standard InChI is InChI=1S/C20H22ClNO4/c1-12-6-5-7-13(2)19(12)22-20(24)14(3)26-18(23)11-15-10-16(21)8-9-17(15)25-4/h5-10,14H,11H2,1-4H3,(H,22,24)/t14-/m1/s1. The first kappa shape index (κ1) is 19.8. The molecule has 1 atom stereocenters. The molecule has 0 aliphatic rings. The van der Waals surface area contributed by atoms with Gasteiger partial charge in [0.25, 0.3) is 5.91 Å². The van der Waals surface area contributed by atoms with Crippen LogP contribution in [0.15, 0.2) is 36.4 Å². The topological polar surface area (TPSA) is 64.6 Å². The maximum Gasteiger partial charge on any atom is 0.311 e. The molecule has 0 aliphatic carbocycles. The van der Waals surface area contributed by atoms with Crippen molar-refractivity contribution in [2.75, 3.05) is 12.4 Å². The van der Waals surface area contributed by atoms with Crippen LogP contribution < -0.4 is 10.1 Å². The lowest BCUT2D eigenvalue weighted by atomic mass is 10.1. The molecule has 1 amide bonds. The summed E-state index contributed by atoms with van der Waals surface area (Å²) in [4.78, 5) is 24.5. The average molecular weight is 376 g/mol. The summed E-state index contributed by atoms with van der Waals surface area (Å²) in [6.07, 6.45) is -0.961. The molecule has 5 nitrogen and oxygen atoms in total. The van der Waals surface area contributed by atoms with Crippen LogP contribution in [0.4, 0.5) is 5.69 Å². The van der Waals surface area contributed by atoms with Gasteiger partial charge >= 0.3 is 5.97 Å². The van der Waals surface area contributed by atoms with Gasteiger partial charge in [0.1, 0.15) is 5.75 Å². The molecule has 138 valence electrons. The number of aryl methyl sites for hydroxylation is 2. The molecule has 2 rings (SSSR count). The van der Waals surface area contributed by atoms with Gasteiger partial charge < -0.3 is 14.8 Å². The Labute approximate surface area is 158 Å². The third-order valence-electron chi connectivity index (χ3n) is 3.98. The Hall–Kier alpha value is -2.53. The number of carbonyl (C=O) groups excluding carboxylic acids is 2.